The second-order valence-electron chi connectivity index (χ2n) is 3.72. The topological polar surface area (TPSA) is 41.1 Å². The zero-order chi connectivity index (χ0) is 10.4. The SMILES string of the molecule is CCCC1=CC[C@@H](C(=O)NC)NCC1. The van der Waals surface area contributed by atoms with Crippen molar-refractivity contribution in [2.45, 2.75) is 38.6 Å². The molecule has 1 heterocycles. The average molecular weight is 196 g/mol. The molecule has 0 aromatic rings. The van der Waals surface area contributed by atoms with Crippen molar-refractivity contribution in [3.05, 3.63) is 11.6 Å². The molecule has 0 aromatic heterocycles. The third kappa shape index (κ3) is 3.14. The van der Waals surface area contributed by atoms with Gasteiger partial charge in [-0.3, -0.25) is 4.79 Å². The second kappa shape index (κ2) is 5.81. The highest BCUT2D eigenvalue weighted by Crippen LogP contribution is 2.14. The molecule has 80 valence electrons. The third-order valence-electron chi connectivity index (χ3n) is 2.61. The van der Waals surface area contributed by atoms with E-state index in [1.807, 2.05) is 0 Å². The highest BCUT2D eigenvalue weighted by atomic mass is 16.2. The standard InChI is InChI=1S/C11H20N2O/c1-3-4-9-5-6-10(11(14)12-2)13-8-7-9/h5,10,13H,3-4,6-8H2,1-2H3,(H,12,14)/t10-/m0/s1. The van der Waals surface area contributed by atoms with Crippen LogP contribution in [-0.4, -0.2) is 25.5 Å². The first-order valence-corrected chi connectivity index (χ1v) is 5.40. The van der Waals surface area contributed by atoms with Gasteiger partial charge in [-0.15, -0.1) is 0 Å². The van der Waals surface area contributed by atoms with E-state index in [1.54, 1.807) is 7.05 Å². The van der Waals surface area contributed by atoms with Crippen LogP contribution in [-0.2, 0) is 4.79 Å². The molecule has 0 aromatic carbocycles. The minimum absolute atomic E-state index is 0.0330. The quantitative estimate of drug-likeness (QED) is 0.666. The fourth-order valence-corrected chi connectivity index (χ4v) is 1.80. The Morgan fingerprint density at radius 1 is 1.71 bits per heavy atom. The summed E-state index contributed by atoms with van der Waals surface area (Å²) >= 11 is 0. The van der Waals surface area contributed by atoms with Crippen molar-refractivity contribution in [3.8, 4) is 0 Å². The van der Waals surface area contributed by atoms with E-state index in [9.17, 15) is 4.79 Å². The van der Waals surface area contributed by atoms with Gasteiger partial charge in [-0.1, -0.05) is 25.0 Å². The lowest BCUT2D eigenvalue weighted by Crippen LogP contribution is -2.42. The van der Waals surface area contributed by atoms with Gasteiger partial charge in [0.05, 0.1) is 6.04 Å². The highest BCUT2D eigenvalue weighted by molar-refractivity contribution is 5.81. The Balaban J connectivity index is 2.49. The summed E-state index contributed by atoms with van der Waals surface area (Å²) in [7, 11) is 1.69. The van der Waals surface area contributed by atoms with Gasteiger partial charge in [0, 0.05) is 7.05 Å². The monoisotopic (exact) mass is 196 g/mol. The molecular formula is C11H20N2O. The maximum Gasteiger partial charge on any atom is 0.237 e. The van der Waals surface area contributed by atoms with Crippen molar-refractivity contribution >= 4 is 5.91 Å². The fraction of sp³-hybridized carbons (Fsp3) is 0.727. The molecule has 1 aliphatic rings. The molecule has 0 saturated carbocycles. The minimum Gasteiger partial charge on any atom is -0.358 e. The van der Waals surface area contributed by atoms with Crippen LogP contribution in [0.1, 0.15) is 32.6 Å². The zero-order valence-corrected chi connectivity index (χ0v) is 9.10. The van der Waals surface area contributed by atoms with Crippen molar-refractivity contribution < 1.29 is 4.79 Å². The first kappa shape index (κ1) is 11.2. The Kier molecular flexibility index (Phi) is 4.66. The molecule has 0 spiro atoms. The molecule has 1 atom stereocenters. The van der Waals surface area contributed by atoms with Gasteiger partial charge in [0.2, 0.25) is 5.91 Å². The second-order valence-corrected chi connectivity index (χ2v) is 3.72. The van der Waals surface area contributed by atoms with Gasteiger partial charge in [0.15, 0.2) is 0 Å². The van der Waals surface area contributed by atoms with Crippen LogP contribution < -0.4 is 10.6 Å². The van der Waals surface area contributed by atoms with Gasteiger partial charge < -0.3 is 10.6 Å². The number of hydrogen-bond acceptors (Lipinski definition) is 2. The molecule has 0 bridgehead atoms. The Morgan fingerprint density at radius 2 is 2.50 bits per heavy atom. The molecule has 0 saturated heterocycles. The summed E-state index contributed by atoms with van der Waals surface area (Å²) in [6.07, 6.45) is 6.50. The van der Waals surface area contributed by atoms with E-state index in [1.165, 1.54) is 18.4 Å². The molecule has 0 aliphatic carbocycles. The lowest BCUT2D eigenvalue weighted by molar-refractivity contribution is -0.122. The Labute approximate surface area is 86.0 Å². The molecule has 14 heavy (non-hydrogen) atoms. The van der Waals surface area contributed by atoms with Crippen molar-refractivity contribution in [2.75, 3.05) is 13.6 Å². The molecule has 1 amide bonds. The Morgan fingerprint density at radius 3 is 3.14 bits per heavy atom. The van der Waals surface area contributed by atoms with E-state index in [0.29, 0.717) is 0 Å². The third-order valence-corrected chi connectivity index (χ3v) is 2.61. The fourth-order valence-electron chi connectivity index (χ4n) is 1.80. The minimum atomic E-state index is -0.0330. The molecule has 1 aliphatic heterocycles. The predicted molar refractivity (Wildman–Crippen MR) is 58.1 cm³/mol. The molecular weight excluding hydrogens is 176 g/mol. The lowest BCUT2D eigenvalue weighted by atomic mass is 10.1. The van der Waals surface area contributed by atoms with Gasteiger partial charge in [0.25, 0.3) is 0 Å². The van der Waals surface area contributed by atoms with E-state index >= 15 is 0 Å². The largest absolute Gasteiger partial charge is 0.358 e. The molecule has 1 rings (SSSR count). The van der Waals surface area contributed by atoms with E-state index in [-0.39, 0.29) is 11.9 Å². The average Bonchev–Trinajstić information content (AvgIpc) is 2.43. The van der Waals surface area contributed by atoms with Gasteiger partial charge in [-0.25, -0.2) is 0 Å². The predicted octanol–water partition coefficient (Wildman–Crippen LogP) is 1.21. The van der Waals surface area contributed by atoms with Crippen LogP contribution in [0.3, 0.4) is 0 Å². The summed E-state index contributed by atoms with van der Waals surface area (Å²) in [6, 6.07) is -0.0330. The van der Waals surface area contributed by atoms with Crippen LogP contribution in [0.15, 0.2) is 11.6 Å². The van der Waals surface area contributed by atoms with E-state index < -0.39 is 0 Å². The van der Waals surface area contributed by atoms with Crippen molar-refractivity contribution in [2.24, 2.45) is 0 Å². The highest BCUT2D eigenvalue weighted by Gasteiger charge is 2.17. The van der Waals surface area contributed by atoms with Gasteiger partial charge >= 0.3 is 0 Å². The summed E-state index contributed by atoms with van der Waals surface area (Å²) in [5.41, 5.74) is 1.49. The summed E-state index contributed by atoms with van der Waals surface area (Å²) in [5, 5.41) is 5.94. The number of amides is 1. The maximum atomic E-state index is 11.4. The Hall–Kier alpha value is -0.830. The molecule has 3 heteroatoms. The van der Waals surface area contributed by atoms with Crippen LogP contribution >= 0.6 is 0 Å². The van der Waals surface area contributed by atoms with Gasteiger partial charge in [-0.2, -0.15) is 0 Å². The molecule has 0 unspecified atom stereocenters. The number of likely N-dealkylation sites (N-methyl/N-ethyl adjacent to an activating group) is 1. The van der Waals surface area contributed by atoms with Crippen LogP contribution in [0.5, 0.6) is 0 Å². The number of carbonyl (C=O) groups excluding carboxylic acids is 1. The zero-order valence-electron chi connectivity index (χ0n) is 9.10. The lowest BCUT2D eigenvalue weighted by Gasteiger charge is -2.12. The van der Waals surface area contributed by atoms with Gasteiger partial charge in [-0.05, 0) is 25.8 Å². The molecule has 2 N–H and O–H groups in total. The van der Waals surface area contributed by atoms with Crippen molar-refractivity contribution in [1.29, 1.82) is 0 Å². The first-order chi connectivity index (χ1) is 6.77. The van der Waals surface area contributed by atoms with E-state index in [4.69, 9.17) is 0 Å². The molecule has 0 radical (unpaired) electrons. The van der Waals surface area contributed by atoms with Crippen molar-refractivity contribution in [3.63, 3.8) is 0 Å². The van der Waals surface area contributed by atoms with Gasteiger partial charge in [0.1, 0.15) is 0 Å². The number of hydrogen-bond donors (Lipinski definition) is 2. The number of nitrogens with one attached hydrogen (secondary N) is 2. The maximum absolute atomic E-state index is 11.4. The van der Waals surface area contributed by atoms with Crippen molar-refractivity contribution in [1.82, 2.24) is 10.6 Å². The van der Waals surface area contributed by atoms with Crippen LogP contribution in [0.2, 0.25) is 0 Å². The summed E-state index contributed by atoms with van der Waals surface area (Å²) in [4.78, 5) is 11.4. The number of rotatable bonds is 3. The van der Waals surface area contributed by atoms with Crippen LogP contribution in [0.25, 0.3) is 0 Å². The Bertz CT molecular complexity index is 223. The smallest absolute Gasteiger partial charge is 0.237 e. The number of carbonyl (C=O) groups is 1. The summed E-state index contributed by atoms with van der Waals surface area (Å²) in [5.74, 6) is 0.0963. The van der Waals surface area contributed by atoms with Crippen LogP contribution in [0, 0.1) is 0 Å². The van der Waals surface area contributed by atoms with E-state index in [2.05, 4.69) is 23.6 Å². The summed E-state index contributed by atoms with van der Waals surface area (Å²) in [6.45, 7) is 3.11. The van der Waals surface area contributed by atoms with E-state index in [0.717, 1.165) is 19.4 Å². The first-order valence-electron chi connectivity index (χ1n) is 5.40. The summed E-state index contributed by atoms with van der Waals surface area (Å²) < 4.78 is 0. The van der Waals surface area contributed by atoms with Crippen LogP contribution in [0.4, 0.5) is 0 Å². The molecule has 3 nitrogen and oxygen atoms in total. The normalized spacial score (nSPS) is 22.4. The molecule has 0 fully saturated rings.